The summed E-state index contributed by atoms with van der Waals surface area (Å²) in [6.45, 7) is 11.5. The first kappa shape index (κ1) is 13.8. The summed E-state index contributed by atoms with van der Waals surface area (Å²) in [7, 11) is 0. The molecule has 0 aliphatic heterocycles. The normalized spacial score (nSPS) is 40.6. The maximum atomic E-state index is 11.3. The number of hydrogen-bond acceptors (Lipinski definition) is 1. The van der Waals surface area contributed by atoms with Gasteiger partial charge in [0, 0.05) is 5.92 Å². The lowest BCUT2D eigenvalue weighted by Crippen LogP contribution is -2.43. The molecule has 0 aromatic heterocycles. The lowest BCUT2D eigenvalue weighted by Gasteiger charge is -2.51. The standard InChI is InChI=1S/C17H28O/c1-12-9-14-7-6-8-16(3,4)15(14)10-17(12,5)13(2)11-18/h9,11-13,15H,6-8,10H2,1-5H3. The quantitative estimate of drug-likeness (QED) is 0.515. The van der Waals surface area contributed by atoms with Gasteiger partial charge in [0.15, 0.2) is 0 Å². The highest BCUT2D eigenvalue weighted by molar-refractivity contribution is 5.55. The van der Waals surface area contributed by atoms with Crippen LogP contribution in [-0.4, -0.2) is 6.29 Å². The fourth-order valence-electron chi connectivity index (χ4n) is 4.10. The third-order valence-electron chi connectivity index (χ3n) is 6.07. The molecular formula is C17H28O. The Morgan fingerprint density at radius 1 is 1.39 bits per heavy atom. The monoisotopic (exact) mass is 248 g/mol. The van der Waals surface area contributed by atoms with Crippen molar-refractivity contribution in [1.82, 2.24) is 0 Å². The van der Waals surface area contributed by atoms with Crippen LogP contribution in [0.3, 0.4) is 0 Å². The van der Waals surface area contributed by atoms with Gasteiger partial charge in [-0.15, -0.1) is 0 Å². The largest absolute Gasteiger partial charge is 0.303 e. The maximum absolute atomic E-state index is 11.3. The fraction of sp³-hybridized carbons (Fsp3) is 0.824. The number of carbonyl (C=O) groups is 1. The minimum absolute atomic E-state index is 0.143. The zero-order chi connectivity index (χ0) is 13.6. The number of rotatable bonds is 2. The molecule has 0 bridgehead atoms. The van der Waals surface area contributed by atoms with Gasteiger partial charge in [-0.1, -0.05) is 46.3 Å². The van der Waals surface area contributed by atoms with E-state index in [4.69, 9.17) is 0 Å². The Balaban J connectivity index is 2.36. The van der Waals surface area contributed by atoms with Crippen LogP contribution in [0, 0.1) is 28.6 Å². The molecule has 102 valence electrons. The summed E-state index contributed by atoms with van der Waals surface area (Å²) in [6, 6.07) is 0. The molecule has 0 amide bonds. The molecule has 18 heavy (non-hydrogen) atoms. The summed E-state index contributed by atoms with van der Waals surface area (Å²) >= 11 is 0. The molecule has 1 nitrogen and oxygen atoms in total. The summed E-state index contributed by atoms with van der Waals surface area (Å²) in [5, 5.41) is 0. The summed E-state index contributed by atoms with van der Waals surface area (Å²) in [5.74, 6) is 1.37. The smallest absolute Gasteiger partial charge is 0.123 e. The van der Waals surface area contributed by atoms with Crippen molar-refractivity contribution in [1.29, 1.82) is 0 Å². The van der Waals surface area contributed by atoms with Gasteiger partial charge < -0.3 is 4.79 Å². The molecule has 1 heteroatoms. The molecule has 4 unspecified atom stereocenters. The average Bonchev–Trinajstić information content (AvgIpc) is 2.30. The highest BCUT2D eigenvalue weighted by atomic mass is 16.1. The molecule has 1 saturated carbocycles. The zero-order valence-electron chi connectivity index (χ0n) is 12.6. The van der Waals surface area contributed by atoms with Gasteiger partial charge >= 0.3 is 0 Å². The van der Waals surface area contributed by atoms with E-state index >= 15 is 0 Å². The second kappa shape index (κ2) is 4.51. The number of aldehydes is 1. The topological polar surface area (TPSA) is 17.1 Å². The molecule has 0 spiro atoms. The van der Waals surface area contributed by atoms with E-state index in [1.807, 2.05) is 0 Å². The van der Waals surface area contributed by atoms with Gasteiger partial charge in [0.05, 0.1) is 0 Å². The van der Waals surface area contributed by atoms with Crippen molar-refractivity contribution in [3.63, 3.8) is 0 Å². The van der Waals surface area contributed by atoms with Crippen LogP contribution in [0.2, 0.25) is 0 Å². The fourth-order valence-corrected chi connectivity index (χ4v) is 4.10. The van der Waals surface area contributed by atoms with Crippen molar-refractivity contribution < 1.29 is 4.79 Å². The van der Waals surface area contributed by atoms with Crippen LogP contribution in [0.15, 0.2) is 11.6 Å². The molecule has 0 heterocycles. The van der Waals surface area contributed by atoms with Gasteiger partial charge in [-0.05, 0) is 48.3 Å². The summed E-state index contributed by atoms with van der Waals surface area (Å²) in [5.41, 5.74) is 2.23. The first-order chi connectivity index (χ1) is 8.31. The van der Waals surface area contributed by atoms with Crippen molar-refractivity contribution in [3.8, 4) is 0 Å². The van der Waals surface area contributed by atoms with Crippen molar-refractivity contribution in [2.24, 2.45) is 28.6 Å². The van der Waals surface area contributed by atoms with E-state index in [-0.39, 0.29) is 11.3 Å². The average molecular weight is 248 g/mol. The Morgan fingerprint density at radius 3 is 2.67 bits per heavy atom. The predicted molar refractivity (Wildman–Crippen MR) is 76.3 cm³/mol. The highest BCUT2D eigenvalue weighted by Gasteiger charge is 2.47. The van der Waals surface area contributed by atoms with Crippen molar-refractivity contribution in [2.75, 3.05) is 0 Å². The Kier molecular flexibility index (Phi) is 3.46. The first-order valence-electron chi connectivity index (χ1n) is 7.47. The van der Waals surface area contributed by atoms with Crippen molar-refractivity contribution in [3.05, 3.63) is 11.6 Å². The van der Waals surface area contributed by atoms with Crippen LogP contribution in [0.25, 0.3) is 0 Å². The lowest BCUT2D eigenvalue weighted by atomic mass is 9.53. The minimum Gasteiger partial charge on any atom is -0.303 e. The van der Waals surface area contributed by atoms with Gasteiger partial charge in [0.1, 0.15) is 6.29 Å². The Morgan fingerprint density at radius 2 is 2.06 bits per heavy atom. The van der Waals surface area contributed by atoms with Crippen LogP contribution < -0.4 is 0 Å². The Hall–Kier alpha value is -0.590. The molecule has 2 aliphatic carbocycles. The maximum Gasteiger partial charge on any atom is 0.123 e. The Bertz CT molecular complexity index is 366. The lowest BCUT2D eigenvalue weighted by molar-refractivity contribution is -0.116. The molecule has 4 atom stereocenters. The van der Waals surface area contributed by atoms with Gasteiger partial charge in [-0.2, -0.15) is 0 Å². The molecule has 0 aromatic carbocycles. The number of allylic oxidation sites excluding steroid dienone is 2. The molecule has 0 saturated heterocycles. The summed E-state index contributed by atoms with van der Waals surface area (Å²) < 4.78 is 0. The molecule has 0 aromatic rings. The minimum atomic E-state index is 0.143. The summed E-state index contributed by atoms with van der Waals surface area (Å²) in [6.07, 6.45) is 8.79. The van der Waals surface area contributed by atoms with Gasteiger partial charge in [-0.25, -0.2) is 0 Å². The van der Waals surface area contributed by atoms with Crippen molar-refractivity contribution >= 4 is 6.29 Å². The zero-order valence-corrected chi connectivity index (χ0v) is 12.6. The van der Waals surface area contributed by atoms with E-state index in [0.717, 1.165) is 6.29 Å². The third-order valence-corrected chi connectivity index (χ3v) is 6.07. The second-order valence-electron chi connectivity index (χ2n) is 7.56. The van der Waals surface area contributed by atoms with E-state index in [2.05, 4.69) is 40.7 Å². The number of carbonyl (C=O) groups excluding carboxylic acids is 1. The molecular weight excluding hydrogens is 220 g/mol. The third kappa shape index (κ3) is 2.06. The van der Waals surface area contributed by atoms with Crippen LogP contribution in [0.1, 0.15) is 60.3 Å². The van der Waals surface area contributed by atoms with E-state index in [1.165, 1.54) is 25.7 Å². The van der Waals surface area contributed by atoms with Crippen LogP contribution >= 0.6 is 0 Å². The molecule has 1 fully saturated rings. The number of fused-ring (bicyclic) bond motifs is 1. The van der Waals surface area contributed by atoms with Crippen molar-refractivity contribution in [2.45, 2.75) is 60.3 Å². The van der Waals surface area contributed by atoms with Crippen LogP contribution in [-0.2, 0) is 4.79 Å². The Labute approximate surface area is 112 Å². The van der Waals surface area contributed by atoms with E-state index in [0.29, 0.717) is 17.3 Å². The van der Waals surface area contributed by atoms with E-state index in [9.17, 15) is 4.79 Å². The molecule has 0 N–H and O–H groups in total. The van der Waals surface area contributed by atoms with E-state index < -0.39 is 0 Å². The van der Waals surface area contributed by atoms with E-state index in [1.54, 1.807) is 5.57 Å². The molecule has 2 aliphatic rings. The highest BCUT2D eigenvalue weighted by Crippen LogP contribution is 2.56. The molecule has 0 radical (unpaired) electrons. The van der Waals surface area contributed by atoms with Gasteiger partial charge in [0.25, 0.3) is 0 Å². The van der Waals surface area contributed by atoms with Gasteiger partial charge in [0.2, 0.25) is 0 Å². The SMILES string of the molecule is CC(C=O)C1(C)CC2C(=CC1C)CCCC2(C)C. The number of hydrogen-bond donors (Lipinski definition) is 0. The second-order valence-corrected chi connectivity index (χ2v) is 7.56. The van der Waals surface area contributed by atoms with Crippen LogP contribution in [0.4, 0.5) is 0 Å². The van der Waals surface area contributed by atoms with Crippen LogP contribution in [0.5, 0.6) is 0 Å². The first-order valence-corrected chi connectivity index (χ1v) is 7.47. The predicted octanol–water partition coefficient (Wildman–Crippen LogP) is 4.62. The molecule has 2 rings (SSSR count). The summed E-state index contributed by atoms with van der Waals surface area (Å²) in [4.78, 5) is 11.3. The van der Waals surface area contributed by atoms with Gasteiger partial charge in [-0.3, -0.25) is 0 Å².